The van der Waals surface area contributed by atoms with Crippen LogP contribution in [0.2, 0.25) is 42.8 Å². The van der Waals surface area contributed by atoms with Crippen LogP contribution in [0, 0.1) is 13.8 Å². The van der Waals surface area contributed by atoms with Crippen LogP contribution < -0.4 is 7.34 Å². The van der Waals surface area contributed by atoms with Crippen molar-refractivity contribution in [1.82, 2.24) is 0 Å². The summed E-state index contributed by atoms with van der Waals surface area (Å²) in [6, 6.07) is 17.1. The summed E-state index contributed by atoms with van der Waals surface area (Å²) in [5.41, 5.74) is 3.92. The lowest BCUT2D eigenvalue weighted by molar-refractivity contribution is 0.570. The van der Waals surface area contributed by atoms with E-state index in [1.54, 1.807) is 0 Å². The van der Waals surface area contributed by atoms with Crippen LogP contribution in [-0.2, 0) is 0 Å². The lowest BCUT2D eigenvalue weighted by Crippen LogP contribution is -2.52. The fourth-order valence-electron chi connectivity index (χ4n) is 3.27. The molecule has 140 valence electrons. The van der Waals surface area contributed by atoms with Gasteiger partial charge in [0, 0.05) is 5.69 Å². The molecule has 0 unspecified atom stereocenters. The highest BCUT2D eigenvalue weighted by molar-refractivity contribution is 6.92. The van der Waals surface area contributed by atoms with Crippen LogP contribution in [0.5, 0.6) is 5.75 Å². The molecule has 0 aliphatic heterocycles. The highest BCUT2D eigenvalue weighted by Gasteiger charge is 2.28. The normalized spacial score (nSPS) is 10.5. The second-order valence-electron chi connectivity index (χ2n) is 8.36. The first-order valence-electron chi connectivity index (χ1n) is 9.61. The topological polar surface area (TPSA) is 12.5 Å². The van der Waals surface area contributed by atoms with E-state index < -0.39 is 37.1 Å². The molecule has 0 N–H and O–H groups in total. The van der Waals surface area contributed by atoms with E-state index in [1.807, 2.05) is 0 Å². The van der Waals surface area contributed by atoms with E-state index in [4.69, 9.17) is 3.79 Å². The second-order valence-corrected chi connectivity index (χ2v) is 18.7. The van der Waals surface area contributed by atoms with Crippen LogP contribution in [0.1, 0.15) is 11.1 Å². The van der Waals surface area contributed by atoms with E-state index >= 15 is 0 Å². The summed E-state index contributed by atoms with van der Waals surface area (Å²) in [5, 5.41) is 0. The first-order valence-corrected chi connectivity index (χ1v) is 18.7. The van der Waals surface area contributed by atoms with Gasteiger partial charge in [0.25, 0.3) is 0 Å². The molecular weight excluding hydrogens is 364 g/mol. The minimum absolute atomic E-state index is 0.742. The predicted octanol–water partition coefficient (Wildman–Crippen LogP) is 6.51. The van der Waals surface area contributed by atoms with Crippen LogP contribution in [0.4, 0.5) is 5.69 Å². The Kier molecular flexibility index (Phi) is 9.53. The fourth-order valence-corrected chi connectivity index (χ4v) is 12.0. The van der Waals surface area contributed by atoms with E-state index in [0.29, 0.717) is 0 Å². The number of hydrogen-bond donors (Lipinski definition) is 0. The van der Waals surface area contributed by atoms with Gasteiger partial charge in [-0.2, -0.15) is 0 Å². The van der Waals surface area contributed by atoms with Crippen molar-refractivity contribution in [3.63, 3.8) is 0 Å². The third-order valence-electron chi connectivity index (χ3n) is 4.04. The molecule has 0 saturated carbocycles. The van der Waals surface area contributed by atoms with Gasteiger partial charge >= 0.3 is 28.9 Å². The fraction of sp³-hybridized carbons (Fsp3) is 0.429. The Morgan fingerprint density at radius 1 is 0.769 bits per heavy atom. The number of aryl methyl sites for hydroxylation is 2. The van der Waals surface area contributed by atoms with Crippen molar-refractivity contribution in [3.05, 3.63) is 59.7 Å². The minimum atomic E-state index is -1.20. The van der Waals surface area contributed by atoms with Crippen LogP contribution in [0.3, 0.4) is 0 Å². The Balaban J connectivity index is 0.000000263. The monoisotopic (exact) mass is 399 g/mol. The number of rotatable bonds is 5. The largest absolute Gasteiger partial charge is 0.642 e. The Bertz CT molecular complexity index is 649. The summed E-state index contributed by atoms with van der Waals surface area (Å²) >= 11 is -1.70. The van der Waals surface area contributed by atoms with Crippen molar-refractivity contribution in [1.29, 1.82) is 0 Å². The zero-order chi connectivity index (χ0) is 19.9. The molecule has 2 aromatic carbocycles. The number of para-hydroxylation sites is 2. The number of hydrogen-bond acceptors (Lipinski definition) is 2. The van der Waals surface area contributed by atoms with Crippen molar-refractivity contribution in [2.45, 2.75) is 56.6 Å². The first kappa shape index (κ1) is 23.4. The van der Waals surface area contributed by atoms with Gasteiger partial charge < -0.3 is 7.34 Å². The average Bonchev–Trinajstić information content (AvgIpc) is 2.51. The lowest BCUT2D eigenvalue weighted by Gasteiger charge is -2.39. The molecule has 5 heteroatoms. The molecule has 0 heterocycles. The zero-order valence-corrected chi connectivity index (χ0v) is 21.4. The van der Waals surface area contributed by atoms with Gasteiger partial charge in [0.1, 0.15) is 8.24 Å². The zero-order valence-electron chi connectivity index (χ0n) is 18.1. The molecule has 0 radical (unpaired) electrons. The van der Waals surface area contributed by atoms with Gasteiger partial charge in [0.05, 0.1) is 5.75 Å². The van der Waals surface area contributed by atoms with E-state index in [1.165, 1.54) is 16.8 Å². The van der Waals surface area contributed by atoms with Crippen molar-refractivity contribution in [2.75, 3.05) is 3.55 Å². The quantitative estimate of drug-likeness (QED) is 0.531. The SMILES string of the molecule is Cc1cccc(C)c1[O][Al]([CH3])[CH3].[CH3][Al]([CH3])[N](c1ccccc1)[Si](C)(C)C. The van der Waals surface area contributed by atoms with Crippen LogP contribution in [0.25, 0.3) is 0 Å². The van der Waals surface area contributed by atoms with Gasteiger partial charge in [-0.25, -0.2) is 0 Å². The van der Waals surface area contributed by atoms with Gasteiger partial charge in [-0.05, 0) is 37.1 Å². The highest BCUT2D eigenvalue weighted by Crippen LogP contribution is 2.23. The van der Waals surface area contributed by atoms with Gasteiger partial charge in [-0.15, -0.1) is 0 Å². The maximum Gasteiger partial charge on any atom is 0.540 e. The summed E-state index contributed by atoms with van der Waals surface area (Å²) in [6.07, 6.45) is 0. The molecular formula is C21H35Al2NOSi. The Hall–Kier alpha value is -0.678. The Morgan fingerprint density at radius 3 is 1.65 bits per heavy atom. The molecule has 0 bridgehead atoms. The average molecular weight is 400 g/mol. The predicted molar refractivity (Wildman–Crippen MR) is 124 cm³/mol. The second kappa shape index (κ2) is 10.6. The van der Waals surface area contributed by atoms with Crippen LogP contribution >= 0.6 is 0 Å². The van der Waals surface area contributed by atoms with E-state index in [9.17, 15) is 0 Å². The smallest absolute Gasteiger partial charge is 0.540 e. The maximum absolute atomic E-state index is 5.81. The Morgan fingerprint density at radius 2 is 1.27 bits per heavy atom. The van der Waals surface area contributed by atoms with E-state index in [-0.39, 0.29) is 0 Å². The standard InChI is InChI=1S/C9H14NSi.C8H10O.4CH3.2Al/c1-11(2,3)10-9-7-5-4-6-8-9;1-6-4-3-5-7(2)8(6)9;;;;;;/h4-8H,1-3H3;3-5,9H,1-2H3;4*1H3;;/q-1;;;;;;2*+1/p-1. The molecule has 0 fully saturated rings. The number of nitrogens with zero attached hydrogens (tertiary/aromatic N) is 1. The summed E-state index contributed by atoms with van der Waals surface area (Å²) in [4.78, 5) is 0. The van der Waals surface area contributed by atoms with Gasteiger partial charge in [0.15, 0.2) is 0 Å². The van der Waals surface area contributed by atoms with E-state index in [0.717, 1.165) is 5.75 Å². The summed E-state index contributed by atoms with van der Waals surface area (Å²) in [6.45, 7) is 11.5. The molecule has 0 amide bonds. The number of anilines is 1. The molecule has 0 saturated heterocycles. The van der Waals surface area contributed by atoms with Gasteiger partial charge in [0.2, 0.25) is 0 Å². The van der Waals surface area contributed by atoms with E-state index in [2.05, 4.69) is 109 Å². The maximum atomic E-state index is 5.81. The molecule has 0 spiro atoms. The van der Waals surface area contributed by atoms with Crippen LogP contribution in [0.15, 0.2) is 48.5 Å². The Labute approximate surface area is 171 Å². The minimum Gasteiger partial charge on any atom is -0.642 e. The molecule has 2 aromatic rings. The molecule has 0 aliphatic carbocycles. The molecule has 0 aromatic heterocycles. The van der Waals surface area contributed by atoms with Crippen molar-refractivity contribution in [2.24, 2.45) is 0 Å². The van der Waals surface area contributed by atoms with Gasteiger partial charge in [-0.3, -0.25) is 0 Å². The van der Waals surface area contributed by atoms with Crippen molar-refractivity contribution < 1.29 is 3.79 Å². The molecule has 0 aliphatic rings. The summed E-state index contributed by atoms with van der Waals surface area (Å²) < 4.78 is 8.53. The van der Waals surface area contributed by atoms with Crippen LogP contribution in [-0.4, -0.2) is 37.1 Å². The first-order chi connectivity index (χ1) is 12.0. The third-order valence-corrected chi connectivity index (χ3v) is 11.7. The lowest BCUT2D eigenvalue weighted by atomic mass is 10.1. The van der Waals surface area contributed by atoms with Crippen molar-refractivity contribution >= 4 is 42.8 Å². The van der Waals surface area contributed by atoms with Crippen molar-refractivity contribution in [3.8, 4) is 5.75 Å². The highest BCUT2D eigenvalue weighted by atomic mass is 28.3. The molecule has 26 heavy (non-hydrogen) atoms. The summed E-state index contributed by atoms with van der Waals surface area (Å²) in [7, 11) is -1.20. The number of benzene rings is 2. The van der Waals surface area contributed by atoms with Gasteiger partial charge in [-0.1, -0.05) is 79.2 Å². The molecule has 2 rings (SSSR count). The summed E-state index contributed by atoms with van der Waals surface area (Å²) in [5.74, 6) is 10.3. The third kappa shape index (κ3) is 7.52. The molecule has 2 nitrogen and oxygen atoms in total. The molecule has 0 atom stereocenters.